The molecule has 0 radical (unpaired) electrons. The predicted octanol–water partition coefficient (Wildman–Crippen LogP) is 5.42. The van der Waals surface area contributed by atoms with Crippen LogP contribution in [0.3, 0.4) is 0 Å². The Morgan fingerprint density at radius 2 is 1.67 bits per heavy atom. The lowest BCUT2D eigenvalue weighted by Gasteiger charge is -2.20. The molecule has 2 heteroatoms. The molecule has 112 valence electrons. The highest BCUT2D eigenvalue weighted by Crippen LogP contribution is 2.29. The molecule has 0 saturated carbocycles. The van der Waals surface area contributed by atoms with Crippen LogP contribution in [0.2, 0.25) is 0 Å². The zero-order valence-corrected chi connectivity index (χ0v) is 15.4. The molecule has 0 aliphatic heterocycles. The molecule has 0 heterocycles. The molecule has 0 bridgehead atoms. The van der Waals surface area contributed by atoms with Gasteiger partial charge in [0, 0.05) is 3.57 Å². The van der Waals surface area contributed by atoms with Gasteiger partial charge in [-0.25, -0.2) is 0 Å². The second kappa shape index (κ2) is 7.41. The molecule has 1 nitrogen and oxygen atoms in total. The highest BCUT2D eigenvalue weighted by atomic mass is 127. The van der Waals surface area contributed by atoms with Crippen molar-refractivity contribution >= 4 is 22.6 Å². The Morgan fingerprint density at radius 1 is 1.05 bits per heavy atom. The van der Waals surface area contributed by atoms with Crippen molar-refractivity contribution in [2.45, 2.75) is 39.2 Å². The number of rotatable bonds is 5. The Morgan fingerprint density at radius 3 is 2.24 bits per heavy atom. The third-order valence-electron chi connectivity index (χ3n) is 4.27. The lowest BCUT2D eigenvalue weighted by Crippen LogP contribution is -2.19. The molecule has 1 N–H and O–H groups in total. The van der Waals surface area contributed by atoms with E-state index in [0.717, 1.165) is 0 Å². The first-order chi connectivity index (χ1) is 10.1. The Kier molecular flexibility index (Phi) is 5.82. The normalized spacial score (nSPS) is 14.0. The topological polar surface area (TPSA) is 12.0 Å². The molecule has 0 amide bonds. The van der Waals surface area contributed by atoms with Gasteiger partial charge in [-0.3, -0.25) is 0 Å². The van der Waals surface area contributed by atoms with Crippen molar-refractivity contribution in [1.82, 2.24) is 5.32 Å². The van der Waals surface area contributed by atoms with Crippen LogP contribution in [0.25, 0.3) is 0 Å². The monoisotopic (exact) mass is 393 g/mol. The summed E-state index contributed by atoms with van der Waals surface area (Å²) in [4.78, 5) is 0. The molecule has 2 atom stereocenters. The van der Waals surface area contributed by atoms with Crippen molar-refractivity contribution in [1.29, 1.82) is 0 Å². The quantitative estimate of drug-likeness (QED) is 0.669. The summed E-state index contributed by atoms with van der Waals surface area (Å²) in [6, 6.07) is 15.9. The molecular formula is C19H24IN. The first-order valence-electron chi connectivity index (χ1n) is 7.60. The van der Waals surface area contributed by atoms with Gasteiger partial charge >= 0.3 is 0 Å². The lowest BCUT2D eigenvalue weighted by atomic mass is 9.93. The fourth-order valence-corrected chi connectivity index (χ4v) is 3.32. The van der Waals surface area contributed by atoms with E-state index in [9.17, 15) is 0 Å². The summed E-state index contributed by atoms with van der Waals surface area (Å²) in [7, 11) is 2.03. The minimum absolute atomic E-state index is 0.253. The summed E-state index contributed by atoms with van der Waals surface area (Å²) in [6.45, 7) is 6.70. The average molecular weight is 393 g/mol. The highest BCUT2D eigenvalue weighted by molar-refractivity contribution is 14.1. The zero-order valence-electron chi connectivity index (χ0n) is 13.3. The van der Waals surface area contributed by atoms with Crippen molar-refractivity contribution in [2.75, 3.05) is 7.05 Å². The van der Waals surface area contributed by atoms with Gasteiger partial charge < -0.3 is 5.32 Å². The van der Waals surface area contributed by atoms with Crippen molar-refractivity contribution in [3.8, 4) is 0 Å². The van der Waals surface area contributed by atoms with E-state index in [4.69, 9.17) is 0 Å². The standard InChI is InChI=1S/C19H24IN/c1-5-13(2)15-9-11-16(12-10-15)19(21-4)17-8-6-7-14(3)18(17)20/h6-13,19,21H,5H2,1-4H3. The third-order valence-corrected chi connectivity index (χ3v) is 5.75. The van der Waals surface area contributed by atoms with Gasteiger partial charge in [0.1, 0.15) is 0 Å². The average Bonchev–Trinajstić information content (AvgIpc) is 2.52. The first kappa shape index (κ1) is 16.5. The third kappa shape index (κ3) is 3.67. The Bertz CT molecular complexity index is 589. The number of halogens is 1. The minimum atomic E-state index is 0.253. The van der Waals surface area contributed by atoms with Gasteiger partial charge in [0.25, 0.3) is 0 Å². The van der Waals surface area contributed by atoms with Gasteiger partial charge in [0.15, 0.2) is 0 Å². The Hall–Kier alpha value is -0.870. The number of hydrogen-bond donors (Lipinski definition) is 1. The van der Waals surface area contributed by atoms with Gasteiger partial charge in [-0.15, -0.1) is 0 Å². The second-order valence-corrected chi connectivity index (χ2v) is 6.75. The van der Waals surface area contributed by atoms with Crippen LogP contribution in [0.1, 0.15) is 54.5 Å². The molecule has 2 aromatic carbocycles. The molecular weight excluding hydrogens is 369 g/mol. The summed E-state index contributed by atoms with van der Waals surface area (Å²) >= 11 is 2.45. The van der Waals surface area contributed by atoms with E-state index in [1.807, 2.05) is 7.05 Å². The number of benzene rings is 2. The second-order valence-electron chi connectivity index (χ2n) is 5.68. The van der Waals surface area contributed by atoms with E-state index >= 15 is 0 Å². The van der Waals surface area contributed by atoms with Crippen molar-refractivity contribution in [2.24, 2.45) is 0 Å². The summed E-state index contributed by atoms with van der Waals surface area (Å²) in [5.41, 5.74) is 5.45. The summed E-state index contributed by atoms with van der Waals surface area (Å²) in [5, 5.41) is 3.46. The zero-order chi connectivity index (χ0) is 15.4. The van der Waals surface area contributed by atoms with Crippen LogP contribution in [0.5, 0.6) is 0 Å². The summed E-state index contributed by atoms with van der Waals surface area (Å²) < 4.78 is 1.35. The van der Waals surface area contributed by atoms with E-state index < -0.39 is 0 Å². The number of hydrogen-bond acceptors (Lipinski definition) is 1. The van der Waals surface area contributed by atoms with Crippen molar-refractivity contribution < 1.29 is 0 Å². The van der Waals surface area contributed by atoms with E-state index in [2.05, 4.69) is 91.1 Å². The molecule has 2 aromatic rings. The summed E-state index contributed by atoms with van der Waals surface area (Å²) in [5.74, 6) is 0.631. The largest absolute Gasteiger partial charge is 0.309 e. The molecule has 0 fully saturated rings. The van der Waals surface area contributed by atoms with Crippen molar-refractivity contribution in [3.63, 3.8) is 0 Å². The van der Waals surface area contributed by atoms with Gasteiger partial charge in [-0.2, -0.15) is 0 Å². The Labute approximate surface area is 142 Å². The van der Waals surface area contributed by atoms with E-state index in [0.29, 0.717) is 5.92 Å². The maximum Gasteiger partial charge on any atom is 0.0584 e. The van der Waals surface area contributed by atoms with Crippen LogP contribution in [0.4, 0.5) is 0 Å². The molecule has 2 unspecified atom stereocenters. The molecule has 0 aliphatic carbocycles. The molecule has 21 heavy (non-hydrogen) atoms. The molecule has 0 saturated heterocycles. The number of nitrogens with one attached hydrogen (secondary N) is 1. The fraction of sp³-hybridized carbons (Fsp3) is 0.368. The van der Waals surface area contributed by atoms with Crippen LogP contribution in [-0.4, -0.2) is 7.05 Å². The van der Waals surface area contributed by atoms with Crippen LogP contribution in [-0.2, 0) is 0 Å². The lowest BCUT2D eigenvalue weighted by molar-refractivity contribution is 0.684. The van der Waals surface area contributed by atoms with E-state index in [-0.39, 0.29) is 6.04 Å². The maximum atomic E-state index is 3.46. The van der Waals surface area contributed by atoms with Gasteiger partial charge in [0.2, 0.25) is 0 Å². The van der Waals surface area contributed by atoms with Crippen LogP contribution >= 0.6 is 22.6 Å². The predicted molar refractivity (Wildman–Crippen MR) is 99.9 cm³/mol. The van der Waals surface area contributed by atoms with Crippen LogP contribution < -0.4 is 5.32 Å². The number of aryl methyl sites for hydroxylation is 1. The smallest absolute Gasteiger partial charge is 0.0584 e. The van der Waals surface area contributed by atoms with Crippen molar-refractivity contribution in [3.05, 3.63) is 68.3 Å². The first-order valence-corrected chi connectivity index (χ1v) is 8.68. The van der Waals surface area contributed by atoms with Crippen LogP contribution in [0, 0.1) is 10.5 Å². The fourth-order valence-electron chi connectivity index (χ4n) is 2.65. The highest BCUT2D eigenvalue weighted by Gasteiger charge is 2.16. The van der Waals surface area contributed by atoms with Crippen LogP contribution in [0.15, 0.2) is 42.5 Å². The van der Waals surface area contributed by atoms with E-state index in [1.54, 1.807) is 0 Å². The SMILES string of the molecule is CCC(C)c1ccc(C(NC)c2cccc(C)c2I)cc1. The summed E-state index contributed by atoms with van der Waals surface area (Å²) in [6.07, 6.45) is 1.19. The van der Waals surface area contributed by atoms with Gasteiger partial charge in [-0.1, -0.05) is 56.3 Å². The molecule has 0 aliphatic rings. The minimum Gasteiger partial charge on any atom is -0.309 e. The molecule has 0 spiro atoms. The van der Waals surface area contributed by atoms with E-state index in [1.165, 1.54) is 32.2 Å². The van der Waals surface area contributed by atoms with Gasteiger partial charge in [-0.05, 0) is 71.2 Å². The Balaban J connectivity index is 2.35. The van der Waals surface area contributed by atoms with Gasteiger partial charge in [0.05, 0.1) is 6.04 Å². The molecule has 0 aromatic heterocycles. The molecule has 2 rings (SSSR count). The maximum absolute atomic E-state index is 3.46.